The first-order chi connectivity index (χ1) is 15.4. The number of fused-ring (bicyclic) bond motifs is 7. The molecule has 0 aromatic heterocycles. The van der Waals surface area contributed by atoms with Crippen LogP contribution in [0.3, 0.4) is 0 Å². The van der Waals surface area contributed by atoms with Gasteiger partial charge < -0.3 is 15.3 Å². The molecule has 0 aliphatic heterocycles. The maximum absolute atomic E-state index is 10.9. The number of rotatable bonds is 3. The van der Waals surface area contributed by atoms with Crippen LogP contribution in [-0.4, -0.2) is 34.6 Å². The summed E-state index contributed by atoms with van der Waals surface area (Å²) in [5.41, 5.74) is 1.83. The van der Waals surface area contributed by atoms with Crippen molar-refractivity contribution in [2.75, 3.05) is 13.2 Å². The van der Waals surface area contributed by atoms with Crippen LogP contribution in [0.1, 0.15) is 98.8 Å². The minimum atomic E-state index is -0.383. The van der Waals surface area contributed by atoms with Crippen molar-refractivity contribution in [2.45, 2.75) is 105 Å². The van der Waals surface area contributed by atoms with E-state index in [2.05, 4.69) is 41.2 Å². The summed E-state index contributed by atoms with van der Waals surface area (Å²) >= 11 is 0. The maximum Gasteiger partial charge on any atom is 0.0618 e. The van der Waals surface area contributed by atoms with Crippen LogP contribution in [0.4, 0.5) is 0 Å². The van der Waals surface area contributed by atoms with E-state index in [-0.39, 0.29) is 39.8 Å². The van der Waals surface area contributed by atoms with Gasteiger partial charge in [-0.1, -0.05) is 39.8 Å². The zero-order valence-corrected chi connectivity index (χ0v) is 22.0. The Bertz CT molecular complexity index is 808. The molecule has 5 rings (SSSR count). The monoisotopic (exact) mass is 458 g/mol. The van der Waals surface area contributed by atoms with Crippen molar-refractivity contribution >= 4 is 0 Å². The Morgan fingerprint density at radius 3 is 2.15 bits per heavy atom. The lowest BCUT2D eigenvalue weighted by Crippen LogP contribution is -2.67. The van der Waals surface area contributed by atoms with Crippen molar-refractivity contribution < 1.29 is 15.3 Å². The summed E-state index contributed by atoms with van der Waals surface area (Å²) in [6.45, 7) is 17.0. The van der Waals surface area contributed by atoms with E-state index >= 15 is 0 Å². The lowest BCUT2D eigenvalue weighted by atomic mass is 9.32. The van der Waals surface area contributed by atoms with Gasteiger partial charge in [-0.2, -0.15) is 0 Å². The molecule has 33 heavy (non-hydrogen) atoms. The van der Waals surface area contributed by atoms with Gasteiger partial charge in [0.15, 0.2) is 0 Å². The van der Waals surface area contributed by atoms with E-state index < -0.39 is 0 Å². The molecular weight excluding hydrogens is 408 g/mol. The van der Waals surface area contributed by atoms with Gasteiger partial charge in [0.2, 0.25) is 0 Å². The Balaban J connectivity index is 1.55. The highest BCUT2D eigenvalue weighted by molar-refractivity contribution is 5.21. The quantitative estimate of drug-likeness (QED) is 0.457. The molecule has 5 aliphatic rings. The molecule has 3 nitrogen and oxygen atoms in total. The Kier molecular flexibility index (Phi) is 5.57. The van der Waals surface area contributed by atoms with E-state index in [4.69, 9.17) is 0 Å². The minimum absolute atomic E-state index is 0.0964. The third-order valence-electron chi connectivity index (χ3n) is 13.7. The molecule has 0 saturated heterocycles. The SMILES string of the molecule is C=C(C)[C@@H]1CC[C@]2(CO)CC[C@]3(C)[C@H](CC[C@@H]4[C@@]5(C)CCC(O)C(C)(CO)[C@@H]5CC[C@]43C)[C@@H]12. The topological polar surface area (TPSA) is 60.7 Å². The molecule has 3 N–H and O–H groups in total. The fourth-order valence-corrected chi connectivity index (χ4v) is 11.6. The van der Waals surface area contributed by atoms with Gasteiger partial charge in [0.1, 0.15) is 0 Å². The van der Waals surface area contributed by atoms with E-state index in [1.165, 1.54) is 50.5 Å². The molecule has 0 amide bonds. The van der Waals surface area contributed by atoms with Crippen LogP contribution in [0.5, 0.6) is 0 Å². The Hall–Kier alpha value is -0.380. The highest BCUT2D eigenvalue weighted by atomic mass is 16.3. The average molecular weight is 459 g/mol. The van der Waals surface area contributed by atoms with Gasteiger partial charge in [-0.15, -0.1) is 0 Å². The summed E-state index contributed by atoms with van der Waals surface area (Å²) in [6.07, 6.45) is 11.2. The molecule has 0 aromatic carbocycles. The van der Waals surface area contributed by atoms with Gasteiger partial charge in [-0.3, -0.25) is 0 Å². The fourth-order valence-electron chi connectivity index (χ4n) is 11.6. The summed E-state index contributed by atoms with van der Waals surface area (Å²) < 4.78 is 0. The molecule has 5 saturated carbocycles. The predicted octanol–water partition coefficient (Wildman–Crippen LogP) is 5.97. The largest absolute Gasteiger partial charge is 0.396 e. The van der Waals surface area contributed by atoms with Gasteiger partial charge in [-0.05, 0) is 122 Å². The lowest BCUT2D eigenvalue weighted by Gasteiger charge is -2.73. The number of aliphatic hydroxyl groups excluding tert-OH is 3. The molecule has 3 heteroatoms. The third kappa shape index (κ3) is 2.85. The Morgan fingerprint density at radius 2 is 1.52 bits per heavy atom. The highest BCUT2D eigenvalue weighted by Crippen LogP contribution is 2.77. The molecule has 2 unspecified atom stereocenters. The summed E-state index contributed by atoms with van der Waals surface area (Å²) in [6, 6.07) is 0. The summed E-state index contributed by atoms with van der Waals surface area (Å²) in [4.78, 5) is 0. The van der Waals surface area contributed by atoms with Crippen molar-refractivity contribution in [1.82, 2.24) is 0 Å². The third-order valence-corrected chi connectivity index (χ3v) is 13.7. The van der Waals surface area contributed by atoms with Crippen LogP contribution in [-0.2, 0) is 0 Å². The molecule has 0 bridgehead atoms. The van der Waals surface area contributed by atoms with Gasteiger partial charge in [0, 0.05) is 12.0 Å². The first kappa shape index (κ1) is 24.3. The van der Waals surface area contributed by atoms with Gasteiger partial charge in [0.25, 0.3) is 0 Å². The molecule has 5 fully saturated rings. The van der Waals surface area contributed by atoms with Crippen LogP contribution in [0.25, 0.3) is 0 Å². The zero-order valence-electron chi connectivity index (χ0n) is 22.0. The van der Waals surface area contributed by atoms with Crippen LogP contribution >= 0.6 is 0 Å². The smallest absolute Gasteiger partial charge is 0.0618 e. The van der Waals surface area contributed by atoms with E-state index in [0.29, 0.717) is 36.2 Å². The van der Waals surface area contributed by atoms with Crippen molar-refractivity contribution in [3.63, 3.8) is 0 Å². The van der Waals surface area contributed by atoms with Crippen molar-refractivity contribution in [3.8, 4) is 0 Å². The maximum atomic E-state index is 10.9. The molecular formula is C30H50O3. The summed E-state index contributed by atoms with van der Waals surface area (Å²) in [5, 5.41) is 32.0. The highest BCUT2D eigenvalue weighted by Gasteiger charge is 2.71. The predicted molar refractivity (Wildman–Crippen MR) is 133 cm³/mol. The molecule has 0 spiro atoms. The number of allylic oxidation sites excluding steroid dienone is 1. The molecule has 5 aliphatic carbocycles. The van der Waals surface area contributed by atoms with Crippen molar-refractivity contribution in [1.29, 1.82) is 0 Å². The van der Waals surface area contributed by atoms with Crippen molar-refractivity contribution in [3.05, 3.63) is 12.2 Å². The van der Waals surface area contributed by atoms with Crippen LogP contribution in [0, 0.1) is 56.7 Å². The number of hydrogen-bond donors (Lipinski definition) is 3. The number of hydrogen-bond acceptors (Lipinski definition) is 3. The zero-order chi connectivity index (χ0) is 24.0. The minimum Gasteiger partial charge on any atom is -0.396 e. The van der Waals surface area contributed by atoms with Crippen molar-refractivity contribution in [2.24, 2.45) is 56.7 Å². The normalized spacial score (nSPS) is 58.1. The second-order valence-corrected chi connectivity index (χ2v) is 14.4. The van der Waals surface area contributed by atoms with E-state index in [1.54, 1.807) is 0 Å². The molecule has 0 radical (unpaired) electrons. The van der Waals surface area contributed by atoms with Crippen LogP contribution in [0.15, 0.2) is 12.2 Å². The summed E-state index contributed by atoms with van der Waals surface area (Å²) in [5.74, 6) is 2.86. The summed E-state index contributed by atoms with van der Waals surface area (Å²) in [7, 11) is 0. The van der Waals surface area contributed by atoms with Gasteiger partial charge in [0.05, 0.1) is 12.7 Å². The van der Waals surface area contributed by atoms with E-state index in [0.717, 1.165) is 19.3 Å². The molecule has 0 aromatic rings. The number of aliphatic hydroxyl groups is 3. The second kappa shape index (κ2) is 7.56. The Morgan fingerprint density at radius 1 is 0.788 bits per heavy atom. The first-order valence-electron chi connectivity index (χ1n) is 14.0. The fraction of sp³-hybridized carbons (Fsp3) is 0.933. The van der Waals surface area contributed by atoms with Crippen LogP contribution in [0.2, 0.25) is 0 Å². The lowest BCUT2D eigenvalue weighted by molar-refractivity contribution is -0.255. The average Bonchev–Trinajstić information content (AvgIpc) is 3.17. The molecule has 188 valence electrons. The standard InChI is InChI=1S/C30H50O3/c1-19(2)20-9-14-30(18-32)16-15-28(5)21(25(20)30)7-8-23-26(3)12-11-24(33)27(4,17-31)22(26)10-13-29(23,28)6/h20-25,31-33H,1,7-18H2,2-6H3/t20-,21+,22+,23+,24?,25+,26-,27?,28+,29+,30+/m0/s1. The second-order valence-electron chi connectivity index (χ2n) is 14.4. The van der Waals surface area contributed by atoms with Gasteiger partial charge in [-0.25, -0.2) is 0 Å². The van der Waals surface area contributed by atoms with E-state index in [1.807, 2.05) is 0 Å². The Labute approximate surface area is 202 Å². The first-order valence-corrected chi connectivity index (χ1v) is 14.0. The van der Waals surface area contributed by atoms with E-state index in [9.17, 15) is 15.3 Å². The van der Waals surface area contributed by atoms with Gasteiger partial charge >= 0.3 is 0 Å². The molecule has 0 heterocycles. The van der Waals surface area contributed by atoms with Crippen LogP contribution < -0.4 is 0 Å². The molecule has 11 atom stereocenters.